The highest BCUT2D eigenvalue weighted by molar-refractivity contribution is 7.17. The van der Waals surface area contributed by atoms with Gasteiger partial charge in [-0.3, -0.25) is 9.59 Å². The summed E-state index contributed by atoms with van der Waals surface area (Å²) < 4.78 is 1.32. The summed E-state index contributed by atoms with van der Waals surface area (Å²) in [5.41, 5.74) is 4.88. The number of aromatic nitrogens is 3. The standard InChI is InChI=1S/C23H29N5O2S/c1-7-28(18-11-9-8-10-14(18)2)13-12-24-21(29)20-17(5)25-22(31-20)19-15(3)16(4)26-27(6)23(19)30/h8-11H,7,12-13H2,1-6H3,(H,24,29). The molecule has 7 nitrogen and oxygen atoms in total. The molecule has 0 aliphatic carbocycles. The van der Waals surface area contributed by atoms with Crippen molar-refractivity contribution < 1.29 is 4.79 Å². The molecule has 0 aliphatic heterocycles. The lowest BCUT2D eigenvalue weighted by Gasteiger charge is -2.25. The largest absolute Gasteiger partial charge is 0.370 e. The number of nitrogens with one attached hydrogen (secondary N) is 1. The Balaban J connectivity index is 1.75. The van der Waals surface area contributed by atoms with Crippen LogP contribution in [0.3, 0.4) is 0 Å². The molecule has 1 amide bonds. The third kappa shape index (κ3) is 4.69. The van der Waals surface area contributed by atoms with Crippen LogP contribution >= 0.6 is 11.3 Å². The maximum absolute atomic E-state index is 12.8. The maximum atomic E-state index is 12.8. The molecule has 0 bridgehead atoms. The molecule has 2 aromatic heterocycles. The maximum Gasteiger partial charge on any atom is 0.277 e. The average Bonchev–Trinajstić information content (AvgIpc) is 3.12. The predicted octanol–water partition coefficient (Wildman–Crippen LogP) is 3.39. The summed E-state index contributed by atoms with van der Waals surface area (Å²) in [5.74, 6) is -0.164. The van der Waals surface area contributed by atoms with E-state index >= 15 is 0 Å². The van der Waals surface area contributed by atoms with Gasteiger partial charge in [0.25, 0.3) is 11.5 Å². The minimum absolute atomic E-state index is 0.164. The quantitative estimate of drug-likeness (QED) is 0.610. The van der Waals surface area contributed by atoms with Crippen LogP contribution in [0, 0.1) is 27.7 Å². The number of amides is 1. The Morgan fingerprint density at radius 3 is 2.55 bits per heavy atom. The summed E-state index contributed by atoms with van der Waals surface area (Å²) in [4.78, 5) is 32.8. The number of benzene rings is 1. The molecular formula is C23H29N5O2S. The third-order valence-corrected chi connectivity index (χ3v) is 6.62. The number of hydrogen-bond donors (Lipinski definition) is 1. The zero-order valence-corrected chi connectivity index (χ0v) is 19.8. The van der Waals surface area contributed by atoms with E-state index in [-0.39, 0.29) is 11.5 Å². The number of hydrogen-bond acceptors (Lipinski definition) is 6. The van der Waals surface area contributed by atoms with E-state index in [1.165, 1.54) is 27.3 Å². The molecule has 1 N–H and O–H groups in total. The van der Waals surface area contributed by atoms with Gasteiger partial charge in [-0.1, -0.05) is 18.2 Å². The topological polar surface area (TPSA) is 80.1 Å². The van der Waals surface area contributed by atoms with Crippen LogP contribution < -0.4 is 15.8 Å². The molecule has 0 spiro atoms. The predicted molar refractivity (Wildman–Crippen MR) is 126 cm³/mol. The van der Waals surface area contributed by atoms with Gasteiger partial charge in [-0.05, 0) is 51.8 Å². The molecule has 2 heterocycles. The minimum atomic E-state index is -0.208. The first kappa shape index (κ1) is 22.7. The van der Waals surface area contributed by atoms with Crippen molar-refractivity contribution in [1.29, 1.82) is 0 Å². The molecule has 0 unspecified atom stereocenters. The van der Waals surface area contributed by atoms with Gasteiger partial charge in [0.2, 0.25) is 0 Å². The summed E-state index contributed by atoms with van der Waals surface area (Å²) in [6, 6.07) is 8.24. The number of anilines is 1. The van der Waals surface area contributed by atoms with Crippen LogP contribution in [0.2, 0.25) is 0 Å². The van der Waals surface area contributed by atoms with Crippen molar-refractivity contribution in [2.75, 3.05) is 24.5 Å². The second-order valence-corrected chi connectivity index (χ2v) is 8.57. The summed E-state index contributed by atoms with van der Waals surface area (Å²) in [5, 5.41) is 7.78. The second-order valence-electron chi connectivity index (χ2n) is 7.57. The third-order valence-electron chi connectivity index (χ3n) is 5.45. The van der Waals surface area contributed by atoms with Crippen molar-refractivity contribution in [2.24, 2.45) is 7.05 Å². The number of thiazole rings is 1. The van der Waals surface area contributed by atoms with Crippen LogP contribution in [-0.4, -0.2) is 40.3 Å². The Labute approximate surface area is 186 Å². The smallest absolute Gasteiger partial charge is 0.277 e. The molecule has 0 atom stereocenters. The van der Waals surface area contributed by atoms with Gasteiger partial charge in [0.15, 0.2) is 0 Å². The zero-order chi connectivity index (χ0) is 22.7. The lowest BCUT2D eigenvalue weighted by Crippen LogP contribution is -2.35. The second kappa shape index (κ2) is 9.43. The van der Waals surface area contributed by atoms with Gasteiger partial charge in [-0.2, -0.15) is 5.10 Å². The molecule has 0 saturated carbocycles. The molecule has 3 aromatic rings. The lowest BCUT2D eigenvalue weighted by atomic mass is 10.1. The normalized spacial score (nSPS) is 10.9. The number of para-hydroxylation sites is 1. The molecule has 3 rings (SSSR count). The zero-order valence-electron chi connectivity index (χ0n) is 18.9. The van der Waals surface area contributed by atoms with E-state index < -0.39 is 0 Å². The average molecular weight is 440 g/mol. The fourth-order valence-corrected chi connectivity index (χ4v) is 4.64. The molecule has 164 valence electrons. The fourth-order valence-electron chi connectivity index (χ4n) is 3.57. The van der Waals surface area contributed by atoms with Crippen LogP contribution in [0.25, 0.3) is 10.6 Å². The van der Waals surface area contributed by atoms with Crippen molar-refractivity contribution in [2.45, 2.75) is 34.6 Å². The van der Waals surface area contributed by atoms with Gasteiger partial charge in [0.1, 0.15) is 9.88 Å². The summed E-state index contributed by atoms with van der Waals surface area (Å²) in [7, 11) is 1.63. The number of aryl methyl sites for hydroxylation is 4. The monoisotopic (exact) mass is 439 g/mol. The van der Waals surface area contributed by atoms with Crippen LogP contribution in [0.5, 0.6) is 0 Å². The van der Waals surface area contributed by atoms with E-state index in [0.717, 1.165) is 17.8 Å². The lowest BCUT2D eigenvalue weighted by molar-refractivity contribution is 0.0958. The Kier molecular flexibility index (Phi) is 6.90. The van der Waals surface area contributed by atoms with Gasteiger partial charge < -0.3 is 10.2 Å². The molecule has 8 heteroatoms. The van der Waals surface area contributed by atoms with Crippen molar-refractivity contribution in [3.05, 3.63) is 62.0 Å². The van der Waals surface area contributed by atoms with Gasteiger partial charge in [0, 0.05) is 32.4 Å². The number of carbonyl (C=O) groups is 1. The Morgan fingerprint density at radius 1 is 1.16 bits per heavy atom. The van der Waals surface area contributed by atoms with Gasteiger partial charge in [-0.15, -0.1) is 11.3 Å². The van der Waals surface area contributed by atoms with Crippen molar-refractivity contribution in [3.8, 4) is 10.6 Å². The molecule has 0 saturated heterocycles. The Hall–Kier alpha value is -3.00. The minimum Gasteiger partial charge on any atom is -0.370 e. The van der Waals surface area contributed by atoms with E-state index in [4.69, 9.17) is 0 Å². The molecule has 0 fully saturated rings. The van der Waals surface area contributed by atoms with Crippen LogP contribution in [0.1, 0.15) is 39.1 Å². The summed E-state index contributed by atoms with van der Waals surface area (Å²) in [6.07, 6.45) is 0. The van der Waals surface area contributed by atoms with E-state index in [2.05, 4.69) is 46.3 Å². The molecule has 1 aromatic carbocycles. The highest BCUT2D eigenvalue weighted by atomic mass is 32.1. The van der Waals surface area contributed by atoms with Crippen LogP contribution in [0.15, 0.2) is 29.1 Å². The van der Waals surface area contributed by atoms with Crippen molar-refractivity contribution in [1.82, 2.24) is 20.1 Å². The first-order chi connectivity index (χ1) is 14.7. The first-order valence-electron chi connectivity index (χ1n) is 10.4. The summed E-state index contributed by atoms with van der Waals surface area (Å²) >= 11 is 1.25. The summed E-state index contributed by atoms with van der Waals surface area (Å²) in [6.45, 7) is 11.8. The SMILES string of the molecule is CCN(CCNC(=O)c1sc(-c2c(C)c(C)nn(C)c2=O)nc1C)c1ccccc1C. The molecule has 31 heavy (non-hydrogen) atoms. The number of likely N-dealkylation sites (N-methyl/N-ethyl adjacent to an activating group) is 1. The molecular weight excluding hydrogens is 410 g/mol. The van der Waals surface area contributed by atoms with Crippen LogP contribution in [0.4, 0.5) is 5.69 Å². The van der Waals surface area contributed by atoms with Gasteiger partial charge in [0.05, 0.1) is 17.0 Å². The van der Waals surface area contributed by atoms with E-state index in [1.54, 1.807) is 14.0 Å². The van der Waals surface area contributed by atoms with E-state index in [9.17, 15) is 9.59 Å². The van der Waals surface area contributed by atoms with E-state index in [1.807, 2.05) is 26.0 Å². The Morgan fingerprint density at radius 2 is 1.87 bits per heavy atom. The van der Waals surface area contributed by atoms with Crippen molar-refractivity contribution in [3.63, 3.8) is 0 Å². The fraction of sp³-hybridized carbons (Fsp3) is 0.391. The molecule has 0 aliphatic rings. The highest BCUT2D eigenvalue weighted by Gasteiger charge is 2.21. The number of carbonyl (C=O) groups excluding carboxylic acids is 1. The van der Waals surface area contributed by atoms with Gasteiger partial charge in [-0.25, -0.2) is 9.67 Å². The molecule has 0 radical (unpaired) electrons. The van der Waals surface area contributed by atoms with Crippen molar-refractivity contribution >= 4 is 22.9 Å². The highest BCUT2D eigenvalue weighted by Crippen LogP contribution is 2.28. The van der Waals surface area contributed by atoms with Gasteiger partial charge >= 0.3 is 0 Å². The Bertz CT molecular complexity index is 1170. The first-order valence-corrected chi connectivity index (χ1v) is 11.2. The van der Waals surface area contributed by atoms with E-state index in [0.29, 0.717) is 34.2 Å². The number of nitrogens with zero attached hydrogens (tertiary/aromatic N) is 4. The number of rotatable bonds is 7. The van der Waals surface area contributed by atoms with Crippen LogP contribution in [-0.2, 0) is 7.05 Å².